The van der Waals surface area contributed by atoms with Crippen molar-refractivity contribution < 1.29 is 24.2 Å². The molecule has 2 fully saturated rings. The molecule has 7 heteroatoms. The van der Waals surface area contributed by atoms with Crippen molar-refractivity contribution in [1.29, 1.82) is 0 Å². The van der Waals surface area contributed by atoms with Crippen LogP contribution >= 0.6 is 11.9 Å². The molecule has 0 radical (unpaired) electrons. The molecule has 1 saturated carbocycles. The van der Waals surface area contributed by atoms with Gasteiger partial charge in [0.2, 0.25) is 0 Å². The molecule has 1 aromatic rings. The third-order valence-corrected chi connectivity index (χ3v) is 5.87. The Hall–Kier alpha value is -1.99. The summed E-state index contributed by atoms with van der Waals surface area (Å²) in [7, 11) is 1.56. The topological polar surface area (TPSA) is 76.1 Å². The monoisotopic (exact) mass is 407 g/mol. The standard InChI is InChI=1S/C13H14O5.C8H15NS/c1-9(13(15)16)7-12(14)18-8-10-3-5-11(17-2)6-4-10;1-10-9-5-7-2-3-8(4-7)6-9/h3-6H,1,7-8H2,2H3,(H,15,16);7-8H,2-6H2,1H3. The maximum absolute atomic E-state index is 11.3. The van der Waals surface area contributed by atoms with Crippen LogP contribution in [0.25, 0.3) is 0 Å². The van der Waals surface area contributed by atoms with Crippen LogP contribution in [-0.2, 0) is 20.9 Å². The first-order valence-corrected chi connectivity index (χ1v) is 10.6. The molecule has 2 aliphatic rings. The molecule has 0 spiro atoms. The number of carboxylic acid groups (broad SMARTS) is 1. The molecule has 0 aromatic heterocycles. The van der Waals surface area contributed by atoms with Crippen LogP contribution in [0.1, 0.15) is 31.2 Å². The number of esters is 1. The highest BCUT2D eigenvalue weighted by atomic mass is 32.2. The number of nitrogens with zero attached hydrogens (tertiary/aromatic N) is 1. The van der Waals surface area contributed by atoms with Crippen molar-refractivity contribution in [3.63, 3.8) is 0 Å². The van der Waals surface area contributed by atoms with Gasteiger partial charge in [-0.3, -0.25) is 9.10 Å². The van der Waals surface area contributed by atoms with Gasteiger partial charge in [0.25, 0.3) is 0 Å². The van der Waals surface area contributed by atoms with Crippen LogP contribution in [0.4, 0.5) is 0 Å². The number of methoxy groups -OCH3 is 1. The van der Waals surface area contributed by atoms with Crippen molar-refractivity contribution in [2.75, 3.05) is 26.5 Å². The molecule has 28 heavy (non-hydrogen) atoms. The second-order valence-corrected chi connectivity index (χ2v) is 8.05. The molecular weight excluding hydrogens is 378 g/mol. The van der Waals surface area contributed by atoms with Gasteiger partial charge >= 0.3 is 11.9 Å². The van der Waals surface area contributed by atoms with Gasteiger partial charge in [-0.05, 0) is 55.1 Å². The minimum atomic E-state index is -1.20. The first-order chi connectivity index (χ1) is 13.4. The third-order valence-electron chi connectivity index (χ3n) is 5.05. The van der Waals surface area contributed by atoms with Gasteiger partial charge in [-0.2, -0.15) is 0 Å². The van der Waals surface area contributed by atoms with Gasteiger partial charge in [-0.15, -0.1) is 0 Å². The lowest BCUT2D eigenvalue weighted by molar-refractivity contribution is -0.145. The molecule has 2 bridgehead atoms. The molecule has 1 aliphatic heterocycles. The number of fused-ring (bicyclic) bond motifs is 2. The molecule has 3 rings (SSSR count). The van der Waals surface area contributed by atoms with Crippen molar-refractivity contribution in [3.05, 3.63) is 42.0 Å². The van der Waals surface area contributed by atoms with Gasteiger partial charge in [0.15, 0.2) is 0 Å². The number of carbonyl (C=O) groups excluding carboxylic acids is 1. The van der Waals surface area contributed by atoms with Crippen molar-refractivity contribution in [2.45, 2.75) is 32.3 Å². The Labute approximate surface area is 171 Å². The van der Waals surface area contributed by atoms with Crippen LogP contribution in [0.15, 0.2) is 36.4 Å². The lowest BCUT2D eigenvalue weighted by atomic mass is 10.0. The lowest BCUT2D eigenvalue weighted by Crippen LogP contribution is -2.30. The van der Waals surface area contributed by atoms with Crippen molar-refractivity contribution in [2.24, 2.45) is 11.8 Å². The van der Waals surface area contributed by atoms with E-state index in [0.29, 0.717) is 5.75 Å². The Bertz CT molecular complexity index is 664. The fraction of sp³-hybridized carbons (Fsp3) is 0.524. The van der Waals surface area contributed by atoms with E-state index in [2.05, 4.69) is 17.1 Å². The fourth-order valence-electron chi connectivity index (χ4n) is 3.50. The van der Waals surface area contributed by atoms with E-state index in [1.807, 2.05) is 11.9 Å². The summed E-state index contributed by atoms with van der Waals surface area (Å²) in [6.07, 6.45) is 6.41. The first-order valence-electron chi connectivity index (χ1n) is 9.40. The third kappa shape index (κ3) is 7.20. The van der Waals surface area contributed by atoms with Gasteiger partial charge < -0.3 is 14.6 Å². The second-order valence-electron chi connectivity index (χ2n) is 7.17. The van der Waals surface area contributed by atoms with Crippen LogP contribution in [0.5, 0.6) is 5.75 Å². The van der Waals surface area contributed by atoms with E-state index < -0.39 is 11.9 Å². The molecule has 1 saturated heterocycles. The minimum Gasteiger partial charge on any atom is -0.497 e. The Morgan fingerprint density at radius 3 is 2.32 bits per heavy atom. The van der Waals surface area contributed by atoms with E-state index in [9.17, 15) is 9.59 Å². The van der Waals surface area contributed by atoms with E-state index in [1.54, 1.807) is 31.4 Å². The average Bonchev–Trinajstić information content (AvgIpc) is 3.04. The predicted molar refractivity (Wildman–Crippen MR) is 110 cm³/mol. The predicted octanol–water partition coefficient (Wildman–Crippen LogP) is 3.77. The first kappa shape index (κ1) is 22.3. The number of rotatable bonds is 7. The molecule has 6 nitrogen and oxygen atoms in total. The van der Waals surface area contributed by atoms with Crippen molar-refractivity contribution in [1.82, 2.24) is 4.31 Å². The summed E-state index contributed by atoms with van der Waals surface area (Å²) in [4.78, 5) is 21.7. The van der Waals surface area contributed by atoms with Gasteiger partial charge in [0, 0.05) is 18.7 Å². The summed E-state index contributed by atoms with van der Waals surface area (Å²) < 4.78 is 12.4. The average molecular weight is 408 g/mol. The zero-order chi connectivity index (χ0) is 20.5. The molecule has 2 atom stereocenters. The molecule has 154 valence electrons. The van der Waals surface area contributed by atoms with Gasteiger partial charge in [0.05, 0.1) is 13.5 Å². The van der Waals surface area contributed by atoms with E-state index in [-0.39, 0.29) is 18.6 Å². The molecule has 0 amide bonds. The summed E-state index contributed by atoms with van der Waals surface area (Å²) in [5.41, 5.74) is 0.611. The second kappa shape index (κ2) is 11.1. The summed E-state index contributed by atoms with van der Waals surface area (Å²) in [6, 6.07) is 7.02. The van der Waals surface area contributed by atoms with E-state index >= 15 is 0 Å². The Morgan fingerprint density at radius 1 is 1.21 bits per heavy atom. The normalized spacial score (nSPS) is 20.6. The van der Waals surface area contributed by atoms with E-state index in [4.69, 9.17) is 14.6 Å². The highest BCUT2D eigenvalue weighted by Crippen LogP contribution is 2.37. The quantitative estimate of drug-likeness (QED) is 0.419. The number of ether oxygens (including phenoxy) is 2. The molecule has 1 N–H and O–H groups in total. The number of hydrogen-bond acceptors (Lipinski definition) is 6. The van der Waals surface area contributed by atoms with E-state index in [1.165, 1.54) is 32.4 Å². The zero-order valence-electron chi connectivity index (χ0n) is 16.6. The lowest BCUT2D eigenvalue weighted by Gasteiger charge is -2.29. The number of hydrogen-bond donors (Lipinski definition) is 1. The molecule has 1 aliphatic carbocycles. The van der Waals surface area contributed by atoms with Crippen LogP contribution in [0.3, 0.4) is 0 Å². The molecule has 1 heterocycles. The summed E-state index contributed by atoms with van der Waals surface area (Å²) in [5.74, 6) is 0.997. The molecular formula is C21H29NO5S. The smallest absolute Gasteiger partial charge is 0.331 e. The number of carboxylic acids is 1. The SMILES string of the molecule is C=C(CC(=O)OCc1ccc(OC)cc1)C(=O)O.CSN1CC2CCC(C2)C1. The number of aliphatic carboxylic acids is 1. The Kier molecular flexibility index (Phi) is 8.86. The van der Waals surface area contributed by atoms with E-state index in [0.717, 1.165) is 17.4 Å². The van der Waals surface area contributed by atoms with Gasteiger partial charge in [0.1, 0.15) is 12.4 Å². The summed E-state index contributed by atoms with van der Waals surface area (Å²) in [5, 5.41) is 8.55. The van der Waals surface area contributed by atoms with Crippen LogP contribution < -0.4 is 4.74 Å². The van der Waals surface area contributed by atoms with Crippen molar-refractivity contribution in [3.8, 4) is 5.75 Å². The highest BCUT2D eigenvalue weighted by Gasteiger charge is 2.32. The van der Waals surface area contributed by atoms with Gasteiger partial charge in [-0.25, -0.2) is 4.79 Å². The zero-order valence-corrected chi connectivity index (χ0v) is 17.4. The van der Waals surface area contributed by atoms with Crippen molar-refractivity contribution >= 4 is 23.9 Å². The largest absolute Gasteiger partial charge is 0.497 e. The summed E-state index contributed by atoms with van der Waals surface area (Å²) in [6.45, 7) is 6.07. The minimum absolute atomic E-state index is 0.0930. The number of piperidine rings is 1. The van der Waals surface area contributed by atoms with Crippen LogP contribution in [-0.4, -0.2) is 47.8 Å². The van der Waals surface area contributed by atoms with Crippen LogP contribution in [0, 0.1) is 11.8 Å². The molecule has 2 unspecified atom stereocenters. The molecule has 1 aromatic carbocycles. The highest BCUT2D eigenvalue weighted by molar-refractivity contribution is 7.96. The van der Waals surface area contributed by atoms with Gasteiger partial charge in [-0.1, -0.05) is 30.7 Å². The summed E-state index contributed by atoms with van der Waals surface area (Å²) >= 11 is 1.93. The fourth-order valence-corrected chi connectivity index (χ4v) is 4.22. The Balaban J connectivity index is 0.000000233. The number of benzene rings is 1. The Morgan fingerprint density at radius 2 is 1.82 bits per heavy atom. The maximum atomic E-state index is 11.3. The number of carbonyl (C=O) groups is 2. The maximum Gasteiger partial charge on any atom is 0.331 e. The van der Waals surface area contributed by atoms with Crippen LogP contribution in [0.2, 0.25) is 0 Å².